The van der Waals surface area contributed by atoms with Crippen molar-refractivity contribution in [3.05, 3.63) is 47.8 Å². The van der Waals surface area contributed by atoms with E-state index in [2.05, 4.69) is 5.10 Å². The number of carbonyl (C=O) groups is 1. The molecule has 0 aliphatic rings. The van der Waals surface area contributed by atoms with Gasteiger partial charge in [-0.2, -0.15) is 5.10 Å². The summed E-state index contributed by atoms with van der Waals surface area (Å²) < 4.78 is 1.69. The van der Waals surface area contributed by atoms with E-state index in [0.717, 1.165) is 11.3 Å². The highest BCUT2D eigenvalue weighted by molar-refractivity contribution is 5.91. The first kappa shape index (κ1) is 13.3. The minimum Gasteiger partial charge on any atom is -0.343 e. The molecule has 19 heavy (non-hydrogen) atoms. The van der Waals surface area contributed by atoms with Gasteiger partial charge >= 0.3 is 0 Å². The molecule has 100 valence electrons. The molecule has 1 amide bonds. The predicted octanol–water partition coefficient (Wildman–Crippen LogP) is 1.59. The molecule has 1 aromatic carbocycles. The van der Waals surface area contributed by atoms with Crippen LogP contribution in [0.15, 0.2) is 36.5 Å². The van der Waals surface area contributed by atoms with Crippen molar-refractivity contribution in [2.75, 3.05) is 14.1 Å². The second-order valence-corrected chi connectivity index (χ2v) is 4.69. The van der Waals surface area contributed by atoms with E-state index >= 15 is 0 Å². The zero-order valence-corrected chi connectivity index (χ0v) is 11.4. The fourth-order valence-corrected chi connectivity index (χ4v) is 1.88. The summed E-state index contributed by atoms with van der Waals surface area (Å²) in [4.78, 5) is 13.3. The number of rotatable bonds is 3. The van der Waals surface area contributed by atoms with Crippen molar-refractivity contribution in [1.29, 1.82) is 0 Å². The molecule has 0 saturated heterocycles. The molecule has 0 saturated carbocycles. The van der Waals surface area contributed by atoms with Crippen molar-refractivity contribution in [1.82, 2.24) is 14.7 Å². The van der Waals surface area contributed by atoms with Gasteiger partial charge in [0, 0.05) is 26.3 Å². The maximum absolute atomic E-state index is 11.8. The highest BCUT2D eigenvalue weighted by atomic mass is 16.2. The molecule has 1 heterocycles. The lowest BCUT2D eigenvalue weighted by Gasteiger charge is -2.12. The third-order valence-corrected chi connectivity index (χ3v) is 2.89. The van der Waals surface area contributed by atoms with Gasteiger partial charge in [-0.3, -0.25) is 4.79 Å². The minimum atomic E-state index is -0.114. The Morgan fingerprint density at radius 3 is 2.63 bits per heavy atom. The SMILES string of the molecule is C[C@H](N)c1ccccc1-n1ccc(C(=O)N(C)C)n1. The van der Waals surface area contributed by atoms with Crippen molar-refractivity contribution >= 4 is 5.91 Å². The number of para-hydroxylation sites is 1. The standard InChI is InChI=1S/C14H18N4O/c1-10(15)11-6-4-5-7-13(11)18-9-8-12(16-18)14(19)17(2)3/h4-10H,15H2,1-3H3/t10-/m0/s1. The van der Waals surface area contributed by atoms with Crippen molar-refractivity contribution < 1.29 is 4.79 Å². The van der Waals surface area contributed by atoms with Crippen LogP contribution in [-0.4, -0.2) is 34.7 Å². The second kappa shape index (κ2) is 5.24. The van der Waals surface area contributed by atoms with Gasteiger partial charge in [0.05, 0.1) is 5.69 Å². The number of carbonyl (C=O) groups excluding carboxylic acids is 1. The molecule has 0 radical (unpaired) electrons. The normalized spacial score (nSPS) is 12.2. The molecule has 1 atom stereocenters. The number of amides is 1. The molecule has 2 N–H and O–H groups in total. The monoisotopic (exact) mass is 258 g/mol. The summed E-state index contributed by atoms with van der Waals surface area (Å²) in [5.41, 5.74) is 8.26. The second-order valence-electron chi connectivity index (χ2n) is 4.69. The number of hydrogen-bond acceptors (Lipinski definition) is 3. The summed E-state index contributed by atoms with van der Waals surface area (Å²) >= 11 is 0. The highest BCUT2D eigenvalue weighted by Crippen LogP contribution is 2.19. The number of benzene rings is 1. The maximum atomic E-state index is 11.8. The Morgan fingerprint density at radius 1 is 1.32 bits per heavy atom. The smallest absolute Gasteiger partial charge is 0.273 e. The minimum absolute atomic E-state index is 0.0894. The van der Waals surface area contributed by atoms with Gasteiger partial charge in [0.15, 0.2) is 5.69 Å². The summed E-state index contributed by atoms with van der Waals surface area (Å²) in [6.07, 6.45) is 1.78. The van der Waals surface area contributed by atoms with Crippen LogP contribution >= 0.6 is 0 Å². The Labute approximate surface area is 112 Å². The average Bonchev–Trinajstić information content (AvgIpc) is 2.87. The van der Waals surface area contributed by atoms with E-state index in [4.69, 9.17) is 5.73 Å². The van der Waals surface area contributed by atoms with Crippen molar-refractivity contribution in [2.24, 2.45) is 5.73 Å². The Bertz CT molecular complexity index is 587. The van der Waals surface area contributed by atoms with Gasteiger partial charge in [-0.1, -0.05) is 18.2 Å². The Hall–Kier alpha value is -2.14. The van der Waals surface area contributed by atoms with E-state index in [1.165, 1.54) is 4.90 Å². The lowest BCUT2D eigenvalue weighted by molar-refractivity contribution is 0.0821. The summed E-state index contributed by atoms with van der Waals surface area (Å²) in [6, 6.07) is 9.40. The summed E-state index contributed by atoms with van der Waals surface area (Å²) in [6.45, 7) is 1.92. The molecule has 0 aliphatic carbocycles. The van der Waals surface area contributed by atoms with Crippen LogP contribution in [-0.2, 0) is 0 Å². The van der Waals surface area contributed by atoms with E-state index in [-0.39, 0.29) is 11.9 Å². The van der Waals surface area contributed by atoms with Crippen molar-refractivity contribution in [2.45, 2.75) is 13.0 Å². The fraction of sp³-hybridized carbons (Fsp3) is 0.286. The molecule has 0 bridgehead atoms. The van der Waals surface area contributed by atoms with Crippen LogP contribution in [0.5, 0.6) is 0 Å². The number of nitrogens with two attached hydrogens (primary N) is 1. The van der Waals surface area contributed by atoms with Crippen LogP contribution in [0.4, 0.5) is 0 Å². The first-order chi connectivity index (χ1) is 9.00. The average molecular weight is 258 g/mol. The van der Waals surface area contributed by atoms with Gasteiger partial charge in [-0.15, -0.1) is 0 Å². The number of hydrogen-bond donors (Lipinski definition) is 1. The van der Waals surface area contributed by atoms with Crippen LogP contribution in [0.2, 0.25) is 0 Å². The maximum Gasteiger partial charge on any atom is 0.273 e. The first-order valence-electron chi connectivity index (χ1n) is 6.13. The van der Waals surface area contributed by atoms with Crippen molar-refractivity contribution in [3.8, 4) is 5.69 Å². The van der Waals surface area contributed by atoms with E-state index in [1.807, 2.05) is 31.2 Å². The van der Waals surface area contributed by atoms with E-state index < -0.39 is 0 Å². The fourth-order valence-electron chi connectivity index (χ4n) is 1.88. The van der Waals surface area contributed by atoms with Crippen LogP contribution in [0.1, 0.15) is 29.0 Å². The van der Waals surface area contributed by atoms with Crippen LogP contribution in [0, 0.1) is 0 Å². The third kappa shape index (κ3) is 2.66. The quantitative estimate of drug-likeness (QED) is 0.909. The van der Waals surface area contributed by atoms with Gasteiger partial charge in [-0.25, -0.2) is 4.68 Å². The van der Waals surface area contributed by atoms with E-state index in [9.17, 15) is 4.79 Å². The predicted molar refractivity (Wildman–Crippen MR) is 74.2 cm³/mol. The largest absolute Gasteiger partial charge is 0.343 e. The molecular weight excluding hydrogens is 240 g/mol. The molecule has 5 heteroatoms. The molecule has 0 unspecified atom stereocenters. The third-order valence-electron chi connectivity index (χ3n) is 2.89. The van der Waals surface area contributed by atoms with Crippen LogP contribution in [0.3, 0.4) is 0 Å². The summed E-state index contributed by atoms with van der Waals surface area (Å²) in [5.74, 6) is -0.114. The zero-order valence-electron chi connectivity index (χ0n) is 11.4. The van der Waals surface area contributed by atoms with Gasteiger partial charge < -0.3 is 10.6 Å². The van der Waals surface area contributed by atoms with E-state index in [1.54, 1.807) is 31.0 Å². The molecule has 2 rings (SSSR count). The van der Waals surface area contributed by atoms with Gasteiger partial charge in [-0.05, 0) is 24.6 Å². The van der Waals surface area contributed by atoms with Crippen LogP contribution < -0.4 is 5.73 Å². The number of aromatic nitrogens is 2. The Balaban J connectivity index is 2.41. The molecule has 0 spiro atoms. The Morgan fingerprint density at radius 2 is 2.00 bits per heavy atom. The summed E-state index contributed by atoms with van der Waals surface area (Å²) in [7, 11) is 3.41. The molecule has 1 aromatic heterocycles. The van der Waals surface area contributed by atoms with Gasteiger partial charge in [0.25, 0.3) is 5.91 Å². The molecule has 2 aromatic rings. The van der Waals surface area contributed by atoms with Crippen molar-refractivity contribution in [3.63, 3.8) is 0 Å². The topological polar surface area (TPSA) is 64.2 Å². The first-order valence-corrected chi connectivity index (χ1v) is 6.13. The molecule has 0 aliphatic heterocycles. The zero-order chi connectivity index (χ0) is 14.0. The van der Waals surface area contributed by atoms with E-state index in [0.29, 0.717) is 5.69 Å². The molecule has 0 fully saturated rings. The molecular formula is C14H18N4O. The lowest BCUT2D eigenvalue weighted by atomic mass is 10.1. The van der Waals surface area contributed by atoms with Gasteiger partial charge in [0.2, 0.25) is 0 Å². The number of nitrogens with zero attached hydrogens (tertiary/aromatic N) is 3. The summed E-state index contributed by atoms with van der Waals surface area (Å²) in [5, 5.41) is 4.31. The lowest BCUT2D eigenvalue weighted by Crippen LogP contribution is -2.22. The van der Waals surface area contributed by atoms with Gasteiger partial charge in [0.1, 0.15) is 0 Å². The Kier molecular flexibility index (Phi) is 3.66. The highest BCUT2D eigenvalue weighted by Gasteiger charge is 2.14. The molecule has 5 nitrogen and oxygen atoms in total. The van der Waals surface area contributed by atoms with Crippen LogP contribution in [0.25, 0.3) is 5.69 Å².